The molecule has 0 saturated carbocycles. The van der Waals surface area contributed by atoms with E-state index in [0.29, 0.717) is 44.8 Å². The van der Waals surface area contributed by atoms with Crippen molar-refractivity contribution in [3.05, 3.63) is 34.9 Å². The Morgan fingerprint density at radius 1 is 1.21 bits per heavy atom. The molecule has 0 N–H and O–H groups in total. The number of piperidine rings is 1. The molecule has 1 atom stereocenters. The Labute approximate surface area is 171 Å². The van der Waals surface area contributed by atoms with Crippen molar-refractivity contribution in [3.63, 3.8) is 0 Å². The highest BCUT2D eigenvalue weighted by Crippen LogP contribution is 2.24. The first-order valence-electron chi connectivity index (χ1n) is 10.6. The highest BCUT2D eigenvalue weighted by Gasteiger charge is 2.33. The van der Waals surface area contributed by atoms with E-state index in [1.54, 1.807) is 14.7 Å². The molecule has 1 aromatic rings. The molecule has 3 aliphatic heterocycles. The second-order valence-corrected chi connectivity index (χ2v) is 8.22. The summed E-state index contributed by atoms with van der Waals surface area (Å²) in [4.78, 5) is 43.0. The maximum atomic E-state index is 13.2. The Balaban J connectivity index is 1.38. The molecule has 1 aromatic carbocycles. The van der Waals surface area contributed by atoms with Crippen LogP contribution in [0, 0.1) is 0 Å². The minimum atomic E-state index is -0.0194. The highest BCUT2D eigenvalue weighted by atomic mass is 16.5. The topological polar surface area (TPSA) is 70.2 Å². The first-order chi connectivity index (χ1) is 14.0. The fourth-order valence-corrected chi connectivity index (χ4v) is 4.53. The number of likely N-dealkylation sites (N-methyl/N-ethyl adjacent to an activating group) is 1. The first-order valence-corrected chi connectivity index (χ1v) is 10.6. The molecular formula is C22H29N3O4. The molecule has 3 amide bonds. The van der Waals surface area contributed by atoms with Crippen LogP contribution < -0.4 is 0 Å². The lowest BCUT2D eigenvalue weighted by atomic mass is 9.97. The number of likely N-dealkylation sites (tertiary alicyclic amines) is 2. The normalized spacial score (nSPS) is 21.8. The number of hydrogen-bond acceptors (Lipinski definition) is 4. The maximum Gasteiger partial charge on any atom is 0.254 e. The molecule has 7 nitrogen and oxygen atoms in total. The first kappa shape index (κ1) is 19.9. The number of rotatable bonds is 4. The van der Waals surface area contributed by atoms with Crippen LogP contribution in [0.3, 0.4) is 0 Å². The predicted octanol–water partition coefficient (Wildman–Crippen LogP) is 1.44. The molecule has 3 aliphatic rings. The summed E-state index contributed by atoms with van der Waals surface area (Å²) in [5.41, 5.74) is 2.88. The molecule has 2 saturated heterocycles. The lowest BCUT2D eigenvalue weighted by Gasteiger charge is -2.29. The van der Waals surface area contributed by atoms with E-state index in [2.05, 4.69) is 6.07 Å². The summed E-state index contributed by atoms with van der Waals surface area (Å²) in [6, 6.07) is 5.85. The standard InChI is InChI=1S/C22H29N3O4/c1-23(22(28)18-6-4-5-16-9-12-29-15-19(16)18)17-8-11-25(13-17)21(27)14-24-10-3-2-7-20(24)26/h4-6,17H,2-3,7-15H2,1H3. The second kappa shape index (κ2) is 8.53. The summed E-state index contributed by atoms with van der Waals surface area (Å²) in [6.07, 6.45) is 4.01. The third kappa shape index (κ3) is 4.15. The van der Waals surface area contributed by atoms with Gasteiger partial charge in [-0.1, -0.05) is 12.1 Å². The summed E-state index contributed by atoms with van der Waals surface area (Å²) in [5, 5.41) is 0. The van der Waals surface area contributed by atoms with Gasteiger partial charge in [0.05, 0.1) is 25.8 Å². The van der Waals surface area contributed by atoms with Crippen molar-refractivity contribution in [3.8, 4) is 0 Å². The van der Waals surface area contributed by atoms with Crippen LogP contribution in [0.2, 0.25) is 0 Å². The average molecular weight is 399 g/mol. The molecule has 0 radical (unpaired) electrons. The van der Waals surface area contributed by atoms with E-state index < -0.39 is 0 Å². The van der Waals surface area contributed by atoms with Crippen LogP contribution in [0.1, 0.15) is 47.2 Å². The van der Waals surface area contributed by atoms with E-state index in [-0.39, 0.29) is 30.3 Å². The fraction of sp³-hybridized carbons (Fsp3) is 0.591. The van der Waals surface area contributed by atoms with Crippen molar-refractivity contribution in [2.24, 2.45) is 0 Å². The zero-order valence-electron chi connectivity index (χ0n) is 17.1. The number of hydrogen-bond donors (Lipinski definition) is 0. The molecule has 29 heavy (non-hydrogen) atoms. The van der Waals surface area contributed by atoms with Gasteiger partial charge in [0.15, 0.2) is 0 Å². The van der Waals surface area contributed by atoms with E-state index in [4.69, 9.17) is 4.74 Å². The fourth-order valence-electron chi connectivity index (χ4n) is 4.53. The maximum absolute atomic E-state index is 13.2. The van der Waals surface area contributed by atoms with Gasteiger partial charge in [-0.2, -0.15) is 0 Å². The van der Waals surface area contributed by atoms with Crippen molar-refractivity contribution in [2.75, 3.05) is 39.8 Å². The Morgan fingerprint density at radius 2 is 2.07 bits per heavy atom. The number of benzene rings is 1. The van der Waals surface area contributed by atoms with Crippen molar-refractivity contribution < 1.29 is 19.1 Å². The number of nitrogens with zero attached hydrogens (tertiary/aromatic N) is 3. The summed E-state index contributed by atoms with van der Waals surface area (Å²) in [5.74, 6) is 0.0376. The van der Waals surface area contributed by atoms with Crippen LogP contribution >= 0.6 is 0 Å². The van der Waals surface area contributed by atoms with Crippen molar-refractivity contribution in [1.29, 1.82) is 0 Å². The molecular weight excluding hydrogens is 370 g/mol. The van der Waals surface area contributed by atoms with Crippen LogP contribution in [0.15, 0.2) is 18.2 Å². The second-order valence-electron chi connectivity index (χ2n) is 8.22. The molecule has 2 fully saturated rings. The minimum Gasteiger partial charge on any atom is -0.376 e. The molecule has 0 aliphatic carbocycles. The van der Waals surface area contributed by atoms with Gasteiger partial charge < -0.3 is 19.4 Å². The zero-order chi connectivity index (χ0) is 20.4. The average Bonchev–Trinajstić information content (AvgIpc) is 3.24. The SMILES string of the molecule is CN(C(=O)c1cccc2c1COCC2)C1CCN(C(=O)CN2CCCCC2=O)C1. The number of amides is 3. The molecule has 156 valence electrons. The monoisotopic (exact) mass is 399 g/mol. The summed E-state index contributed by atoms with van der Waals surface area (Å²) < 4.78 is 5.57. The van der Waals surface area contributed by atoms with Gasteiger partial charge in [-0.3, -0.25) is 14.4 Å². The number of carbonyl (C=O) groups is 3. The molecule has 4 rings (SSSR count). The lowest BCUT2D eigenvalue weighted by Crippen LogP contribution is -2.45. The van der Waals surface area contributed by atoms with Gasteiger partial charge >= 0.3 is 0 Å². The number of fused-ring (bicyclic) bond motifs is 1. The van der Waals surface area contributed by atoms with E-state index in [9.17, 15) is 14.4 Å². The van der Waals surface area contributed by atoms with Crippen LogP contribution in [0.5, 0.6) is 0 Å². The van der Waals surface area contributed by atoms with Crippen LogP contribution in [-0.2, 0) is 27.4 Å². The van der Waals surface area contributed by atoms with Gasteiger partial charge in [0.25, 0.3) is 5.91 Å². The molecule has 0 bridgehead atoms. The van der Waals surface area contributed by atoms with E-state index in [1.807, 2.05) is 19.2 Å². The molecule has 0 spiro atoms. The lowest BCUT2D eigenvalue weighted by molar-refractivity contribution is -0.141. The van der Waals surface area contributed by atoms with Gasteiger partial charge in [-0.25, -0.2) is 0 Å². The van der Waals surface area contributed by atoms with Crippen LogP contribution in [0.4, 0.5) is 0 Å². The van der Waals surface area contributed by atoms with E-state index >= 15 is 0 Å². The van der Waals surface area contributed by atoms with Crippen molar-refractivity contribution >= 4 is 17.7 Å². The summed E-state index contributed by atoms with van der Waals surface area (Å²) in [7, 11) is 1.82. The van der Waals surface area contributed by atoms with Gasteiger partial charge in [0, 0.05) is 38.7 Å². The zero-order valence-corrected chi connectivity index (χ0v) is 17.1. The molecule has 7 heteroatoms. The van der Waals surface area contributed by atoms with Crippen molar-refractivity contribution in [2.45, 2.75) is 44.8 Å². The number of ether oxygens (including phenoxy) is 1. The Hall–Kier alpha value is -2.41. The molecule has 1 unspecified atom stereocenters. The largest absolute Gasteiger partial charge is 0.376 e. The van der Waals surface area contributed by atoms with Gasteiger partial charge in [-0.05, 0) is 42.9 Å². The highest BCUT2D eigenvalue weighted by molar-refractivity contribution is 5.96. The van der Waals surface area contributed by atoms with Gasteiger partial charge in [-0.15, -0.1) is 0 Å². The van der Waals surface area contributed by atoms with E-state index in [0.717, 1.165) is 31.2 Å². The summed E-state index contributed by atoms with van der Waals surface area (Å²) >= 11 is 0. The minimum absolute atomic E-state index is 0.0103. The van der Waals surface area contributed by atoms with Crippen LogP contribution in [0.25, 0.3) is 0 Å². The number of carbonyl (C=O) groups excluding carboxylic acids is 3. The smallest absolute Gasteiger partial charge is 0.254 e. The third-order valence-electron chi connectivity index (χ3n) is 6.40. The van der Waals surface area contributed by atoms with Gasteiger partial charge in [0.1, 0.15) is 0 Å². The van der Waals surface area contributed by atoms with Crippen LogP contribution in [-0.4, -0.2) is 78.3 Å². The predicted molar refractivity (Wildman–Crippen MR) is 107 cm³/mol. The summed E-state index contributed by atoms with van der Waals surface area (Å²) in [6.45, 7) is 3.14. The van der Waals surface area contributed by atoms with Crippen molar-refractivity contribution in [1.82, 2.24) is 14.7 Å². The third-order valence-corrected chi connectivity index (χ3v) is 6.40. The molecule has 0 aromatic heterocycles. The van der Waals surface area contributed by atoms with E-state index in [1.165, 1.54) is 5.56 Å². The Kier molecular flexibility index (Phi) is 5.85. The Bertz CT molecular complexity index is 809. The van der Waals surface area contributed by atoms with Gasteiger partial charge in [0.2, 0.25) is 11.8 Å². The molecule has 3 heterocycles. The quantitative estimate of drug-likeness (QED) is 0.768. The Morgan fingerprint density at radius 3 is 2.90 bits per heavy atom.